The fourth-order valence-electron chi connectivity index (χ4n) is 0.757. The van der Waals surface area contributed by atoms with E-state index in [1.165, 1.54) is 0 Å². The van der Waals surface area contributed by atoms with E-state index < -0.39 is 5.97 Å². The molecule has 1 heterocycles. The van der Waals surface area contributed by atoms with Gasteiger partial charge in [0.2, 0.25) is 12.3 Å². The van der Waals surface area contributed by atoms with Crippen molar-refractivity contribution in [3.63, 3.8) is 0 Å². The number of amides is 1. The van der Waals surface area contributed by atoms with Crippen LogP contribution in [-0.4, -0.2) is 27.1 Å². The fourth-order valence-corrected chi connectivity index (χ4v) is 0.757. The smallest absolute Gasteiger partial charge is 0.303 e. The van der Waals surface area contributed by atoms with Crippen LogP contribution in [0, 0.1) is 0 Å². The monoisotopic (exact) mass is 199 g/mol. The third-order valence-corrected chi connectivity index (χ3v) is 1.42. The minimum atomic E-state index is -1.00. The fraction of sp³-hybridized carbons (Fsp3) is 0.429. The molecule has 1 amide bonds. The lowest BCUT2D eigenvalue weighted by molar-refractivity contribution is -0.138. The van der Waals surface area contributed by atoms with Gasteiger partial charge in [-0.2, -0.15) is 4.98 Å². The number of carbonyl (C=O) groups is 2. The van der Waals surface area contributed by atoms with Gasteiger partial charge < -0.3 is 14.9 Å². The molecule has 14 heavy (non-hydrogen) atoms. The summed E-state index contributed by atoms with van der Waals surface area (Å²) in [6, 6.07) is 0. The van der Waals surface area contributed by atoms with E-state index in [0.29, 0.717) is 5.82 Å². The summed E-state index contributed by atoms with van der Waals surface area (Å²) in [7, 11) is 0. The van der Waals surface area contributed by atoms with E-state index in [9.17, 15) is 9.59 Å². The lowest BCUT2D eigenvalue weighted by atomic mass is 10.3. The average molecular weight is 199 g/mol. The van der Waals surface area contributed by atoms with Crippen molar-refractivity contribution in [2.24, 2.45) is 0 Å². The Bertz CT molecular complexity index is 309. The molecule has 0 saturated carbocycles. The van der Waals surface area contributed by atoms with E-state index in [4.69, 9.17) is 5.11 Å². The van der Waals surface area contributed by atoms with E-state index in [-0.39, 0.29) is 25.3 Å². The Balaban J connectivity index is 2.18. The minimum absolute atomic E-state index is 0.0484. The summed E-state index contributed by atoms with van der Waals surface area (Å²) in [6.45, 7) is 0.148. The van der Waals surface area contributed by atoms with Crippen molar-refractivity contribution in [1.82, 2.24) is 15.5 Å². The first-order chi connectivity index (χ1) is 6.68. The molecular formula is C7H9N3O4. The summed E-state index contributed by atoms with van der Waals surface area (Å²) in [6.07, 6.45) is 0.921. The number of hydrogen-bond acceptors (Lipinski definition) is 5. The molecule has 1 aromatic heterocycles. The van der Waals surface area contributed by atoms with Crippen LogP contribution in [0.15, 0.2) is 10.9 Å². The predicted molar refractivity (Wildman–Crippen MR) is 43.0 cm³/mol. The first-order valence-electron chi connectivity index (χ1n) is 3.92. The molecule has 0 atom stereocenters. The van der Waals surface area contributed by atoms with E-state index in [1.807, 2.05) is 0 Å². The van der Waals surface area contributed by atoms with Gasteiger partial charge in [-0.05, 0) is 0 Å². The Labute approximate surface area is 79.1 Å². The largest absolute Gasteiger partial charge is 0.481 e. The number of nitrogens with one attached hydrogen (secondary N) is 1. The summed E-state index contributed by atoms with van der Waals surface area (Å²) in [5.41, 5.74) is 0. The van der Waals surface area contributed by atoms with Gasteiger partial charge in [0, 0.05) is 6.42 Å². The molecule has 7 nitrogen and oxygen atoms in total. The Hall–Kier alpha value is -1.92. The highest BCUT2D eigenvalue weighted by molar-refractivity contribution is 5.80. The first kappa shape index (κ1) is 10.2. The van der Waals surface area contributed by atoms with Gasteiger partial charge in [-0.15, -0.1) is 0 Å². The standard InChI is InChI=1S/C7H9N3O4/c11-6(1-2-7(12)13)8-3-5-9-4-14-10-5/h4H,1-3H2,(H,8,11)(H,12,13). The molecule has 0 bridgehead atoms. The number of carboxylic acid groups (broad SMARTS) is 1. The molecule has 0 fully saturated rings. The van der Waals surface area contributed by atoms with E-state index in [2.05, 4.69) is 20.0 Å². The number of rotatable bonds is 5. The maximum Gasteiger partial charge on any atom is 0.303 e. The molecule has 0 saturated heterocycles. The molecule has 0 aliphatic rings. The summed E-state index contributed by atoms with van der Waals surface area (Å²) >= 11 is 0. The first-order valence-corrected chi connectivity index (χ1v) is 3.92. The number of nitrogens with zero attached hydrogens (tertiary/aromatic N) is 2. The van der Waals surface area contributed by atoms with Crippen LogP contribution in [0.1, 0.15) is 18.7 Å². The molecule has 1 aromatic rings. The minimum Gasteiger partial charge on any atom is -0.481 e. The number of aliphatic carboxylic acids is 1. The highest BCUT2D eigenvalue weighted by Gasteiger charge is 2.06. The number of carbonyl (C=O) groups excluding carboxylic acids is 1. The molecular weight excluding hydrogens is 190 g/mol. The van der Waals surface area contributed by atoms with Crippen LogP contribution in [0.25, 0.3) is 0 Å². The van der Waals surface area contributed by atoms with Crippen LogP contribution in [-0.2, 0) is 16.1 Å². The van der Waals surface area contributed by atoms with E-state index in [0.717, 1.165) is 6.39 Å². The number of aromatic nitrogens is 2. The van der Waals surface area contributed by atoms with Crippen molar-refractivity contribution in [3.8, 4) is 0 Å². The molecule has 2 N–H and O–H groups in total. The second-order valence-corrected chi connectivity index (χ2v) is 2.52. The summed E-state index contributed by atoms with van der Waals surface area (Å²) in [5, 5.41) is 14.2. The molecule has 0 radical (unpaired) electrons. The highest BCUT2D eigenvalue weighted by Crippen LogP contribution is 1.91. The SMILES string of the molecule is O=C(O)CCC(=O)NCc1ncon1. The van der Waals surface area contributed by atoms with Crippen molar-refractivity contribution >= 4 is 11.9 Å². The molecule has 0 unspecified atom stereocenters. The quantitative estimate of drug-likeness (QED) is 0.665. The molecule has 1 rings (SSSR count). The maximum absolute atomic E-state index is 11.0. The van der Waals surface area contributed by atoms with Crippen molar-refractivity contribution in [2.45, 2.75) is 19.4 Å². The van der Waals surface area contributed by atoms with Gasteiger partial charge in [-0.25, -0.2) is 0 Å². The molecule has 0 aliphatic heterocycles. The Morgan fingerprint density at radius 3 is 2.86 bits per heavy atom. The number of hydrogen-bond donors (Lipinski definition) is 2. The van der Waals surface area contributed by atoms with Crippen molar-refractivity contribution in [2.75, 3.05) is 0 Å². The maximum atomic E-state index is 11.0. The third kappa shape index (κ3) is 3.65. The van der Waals surface area contributed by atoms with Crippen LogP contribution >= 0.6 is 0 Å². The Morgan fingerprint density at radius 1 is 1.50 bits per heavy atom. The zero-order chi connectivity index (χ0) is 10.4. The van der Waals surface area contributed by atoms with Crippen molar-refractivity contribution < 1.29 is 19.2 Å². The molecule has 0 aromatic carbocycles. The summed E-state index contributed by atoms with van der Waals surface area (Å²) in [4.78, 5) is 24.8. The Morgan fingerprint density at radius 2 is 2.29 bits per heavy atom. The van der Waals surface area contributed by atoms with Gasteiger partial charge in [0.15, 0.2) is 5.82 Å². The van der Waals surface area contributed by atoms with Gasteiger partial charge in [0.1, 0.15) is 0 Å². The second kappa shape index (κ2) is 4.95. The second-order valence-electron chi connectivity index (χ2n) is 2.52. The average Bonchev–Trinajstić information content (AvgIpc) is 2.63. The lowest BCUT2D eigenvalue weighted by Crippen LogP contribution is -2.23. The van der Waals surface area contributed by atoms with Crippen LogP contribution in [0.2, 0.25) is 0 Å². The van der Waals surface area contributed by atoms with Crippen LogP contribution in [0.4, 0.5) is 0 Å². The summed E-state index contributed by atoms with van der Waals surface area (Å²) in [5.74, 6) is -0.995. The normalized spacial score (nSPS) is 9.71. The third-order valence-electron chi connectivity index (χ3n) is 1.42. The van der Waals surface area contributed by atoms with Crippen LogP contribution < -0.4 is 5.32 Å². The molecule has 0 spiro atoms. The van der Waals surface area contributed by atoms with Gasteiger partial charge in [0.25, 0.3) is 0 Å². The topological polar surface area (TPSA) is 105 Å². The molecule has 0 aliphatic carbocycles. The van der Waals surface area contributed by atoms with E-state index >= 15 is 0 Å². The molecule has 7 heteroatoms. The van der Waals surface area contributed by atoms with Gasteiger partial charge in [-0.1, -0.05) is 5.16 Å². The predicted octanol–water partition coefficient (Wildman–Crippen LogP) is -0.449. The Kier molecular flexibility index (Phi) is 3.59. The van der Waals surface area contributed by atoms with Crippen LogP contribution in [0.5, 0.6) is 0 Å². The summed E-state index contributed by atoms with van der Waals surface area (Å²) < 4.78 is 4.44. The van der Waals surface area contributed by atoms with Gasteiger partial charge in [-0.3, -0.25) is 9.59 Å². The van der Waals surface area contributed by atoms with Crippen molar-refractivity contribution in [1.29, 1.82) is 0 Å². The zero-order valence-electron chi connectivity index (χ0n) is 7.27. The zero-order valence-corrected chi connectivity index (χ0v) is 7.27. The molecule has 76 valence electrons. The van der Waals surface area contributed by atoms with E-state index in [1.54, 1.807) is 0 Å². The van der Waals surface area contributed by atoms with Gasteiger partial charge >= 0.3 is 5.97 Å². The van der Waals surface area contributed by atoms with Crippen LogP contribution in [0.3, 0.4) is 0 Å². The van der Waals surface area contributed by atoms with Crippen molar-refractivity contribution in [3.05, 3.63) is 12.2 Å². The highest BCUT2D eigenvalue weighted by atomic mass is 16.5. The van der Waals surface area contributed by atoms with Gasteiger partial charge in [0.05, 0.1) is 13.0 Å². The number of carboxylic acids is 1. The lowest BCUT2D eigenvalue weighted by Gasteiger charge is -1.99.